The van der Waals surface area contributed by atoms with Crippen molar-refractivity contribution in [1.29, 1.82) is 0 Å². The number of nitrogens with one attached hydrogen (secondary N) is 2. The highest BCUT2D eigenvalue weighted by atomic mass is 19.1. The van der Waals surface area contributed by atoms with Crippen molar-refractivity contribution in [3.05, 3.63) is 59.7 Å². The maximum Gasteiger partial charge on any atom is 0.191 e. The van der Waals surface area contributed by atoms with E-state index in [9.17, 15) is 4.39 Å². The van der Waals surface area contributed by atoms with Gasteiger partial charge in [-0.3, -0.25) is 9.98 Å². The third-order valence-electron chi connectivity index (χ3n) is 4.20. The van der Waals surface area contributed by atoms with Gasteiger partial charge in [0.05, 0.1) is 5.69 Å². The van der Waals surface area contributed by atoms with Crippen LogP contribution < -0.4 is 15.5 Å². The Balaban J connectivity index is 1.85. The SMILES string of the molecule is CCN(CC)c1ccc(CNC(=NC)NCCc2ccccn2)cc1F. The molecule has 0 fully saturated rings. The van der Waals surface area contributed by atoms with Crippen molar-refractivity contribution in [3.63, 3.8) is 0 Å². The van der Waals surface area contributed by atoms with E-state index in [1.54, 1.807) is 19.3 Å². The second kappa shape index (κ2) is 10.4. The number of rotatable bonds is 8. The van der Waals surface area contributed by atoms with Gasteiger partial charge in [-0.15, -0.1) is 0 Å². The number of hydrogen-bond acceptors (Lipinski definition) is 3. The molecule has 1 aromatic heterocycles. The van der Waals surface area contributed by atoms with Gasteiger partial charge in [0, 0.05) is 51.5 Å². The molecule has 140 valence electrons. The van der Waals surface area contributed by atoms with Gasteiger partial charge in [0.2, 0.25) is 0 Å². The van der Waals surface area contributed by atoms with E-state index in [1.165, 1.54) is 0 Å². The van der Waals surface area contributed by atoms with Crippen LogP contribution in [0.5, 0.6) is 0 Å². The molecule has 0 aliphatic heterocycles. The summed E-state index contributed by atoms with van der Waals surface area (Å²) in [6.07, 6.45) is 2.60. The molecule has 6 heteroatoms. The molecule has 0 saturated heterocycles. The zero-order valence-corrected chi connectivity index (χ0v) is 15.8. The summed E-state index contributed by atoms with van der Waals surface area (Å²) in [5.74, 6) is 0.500. The van der Waals surface area contributed by atoms with Gasteiger partial charge in [-0.25, -0.2) is 4.39 Å². The molecule has 0 bridgehead atoms. The van der Waals surface area contributed by atoms with Gasteiger partial charge < -0.3 is 15.5 Å². The minimum absolute atomic E-state index is 0.189. The van der Waals surface area contributed by atoms with E-state index >= 15 is 0 Å². The van der Waals surface area contributed by atoms with E-state index in [2.05, 4.69) is 20.6 Å². The zero-order chi connectivity index (χ0) is 18.8. The number of benzene rings is 1. The van der Waals surface area contributed by atoms with Crippen molar-refractivity contribution in [1.82, 2.24) is 15.6 Å². The van der Waals surface area contributed by atoms with Gasteiger partial charge >= 0.3 is 0 Å². The molecule has 0 aliphatic carbocycles. The molecular weight excluding hydrogens is 329 g/mol. The van der Waals surface area contributed by atoms with Crippen LogP contribution in [0.15, 0.2) is 47.6 Å². The molecule has 26 heavy (non-hydrogen) atoms. The number of nitrogens with zero attached hydrogens (tertiary/aromatic N) is 3. The molecule has 5 nitrogen and oxygen atoms in total. The quantitative estimate of drug-likeness (QED) is 0.563. The van der Waals surface area contributed by atoms with Crippen LogP contribution in [0.3, 0.4) is 0 Å². The van der Waals surface area contributed by atoms with Crippen LogP contribution in [0.2, 0.25) is 0 Å². The minimum atomic E-state index is -0.189. The summed E-state index contributed by atoms with van der Waals surface area (Å²) in [5, 5.41) is 6.46. The second-order valence-electron chi connectivity index (χ2n) is 5.88. The van der Waals surface area contributed by atoms with E-state index in [1.807, 2.05) is 49.1 Å². The van der Waals surface area contributed by atoms with Crippen molar-refractivity contribution in [2.75, 3.05) is 31.6 Å². The normalized spacial score (nSPS) is 11.3. The first-order valence-corrected chi connectivity index (χ1v) is 9.05. The van der Waals surface area contributed by atoms with Gasteiger partial charge in [0.25, 0.3) is 0 Å². The highest BCUT2D eigenvalue weighted by Crippen LogP contribution is 2.20. The Bertz CT molecular complexity index is 699. The average Bonchev–Trinajstić information content (AvgIpc) is 2.67. The number of guanidine groups is 1. The number of aliphatic imine (C=N–C) groups is 1. The van der Waals surface area contributed by atoms with Crippen molar-refractivity contribution in [3.8, 4) is 0 Å². The molecule has 2 N–H and O–H groups in total. The first-order valence-electron chi connectivity index (χ1n) is 9.05. The lowest BCUT2D eigenvalue weighted by molar-refractivity contribution is 0.617. The molecule has 0 atom stereocenters. The van der Waals surface area contributed by atoms with Gasteiger partial charge in [-0.1, -0.05) is 12.1 Å². The third kappa shape index (κ3) is 5.72. The van der Waals surface area contributed by atoms with Crippen LogP contribution in [-0.2, 0) is 13.0 Å². The lowest BCUT2D eigenvalue weighted by Crippen LogP contribution is -2.38. The largest absolute Gasteiger partial charge is 0.370 e. The van der Waals surface area contributed by atoms with Crippen molar-refractivity contribution in [2.24, 2.45) is 4.99 Å². The lowest BCUT2D eigenvalue weighted by Gasteiger charge is -2.22. The second-order valence-corrected chi connectivity index (χ2v) is 5.88. The maximum atomic E-state index is 14.3. The van der Waals surface area contributed by atoms with Crippen LogP contribution in [0.1, 0.15) is 25.1 Å². The Hall–Kier alpha value is -2.63. The summed E-state index contributed by atoms with van der Waals surface area (Å²) < 4.78 is 14.3. The average molecular weight is 357 g/mol. The van der Waals surface area contributed by atoms with Crippen LogP contribution in [0.25, 0.3) is 0 Å². The predicted octanol–water partition coefficient (Wildman–Crippen LogP) is 2.97. The standard InChI is InChI=1S/C20H28FN5/c1-4-26(5-2)19-10-9-16(14-18(19)21)15-25-20(22-3)24-13-11-17-8-6-7-12-23-17/h6-10,12,14H,4-5,11,13,15H2,1-3H3,(H2,22,24,25). The molecule has 0 spiro atoms. The van der Waals surface area contributed by atoms with Gasteiger partial charge in [0.1, 0.15) is 5.82 Å². The fourth-order valence-electron chi connectivity index (χ4n) is 2.74. The predicted molar refractivity (Wildman–Crippen MR) is 106 cm³/mol. The summed E-state index contributed by atoms with van der Waals surface area (Å²) in [6.45, 7) is 6.87. The van der Waals surface area contributed by atoms with Crippen molar-refractivity contribution in [2.45, 2.75) is 26.8 Å². The molecule has 1 aromatic carbocycles. The summed E-state index contributed by atoms with van der Waals surface area (Å²) in [6, 6.07) is 11.3. The van der Waals surface area contributed by atoms with Crippen LogP contribution in [0.4, 0.5) is 10.1 Å². The Morgan fingerprint density at radius 2 is 1.96 bits per heavy atom. The van der Waals surface area contributed by atoms with Crippen molar-refractivity contribution >= 4 is 11.6 Å². The molecule has 2 aromatic rings. The molecular formula is C20H28FN5. The number of anilines is 1. The zero-order valence-electron chi connectivity index (χ0n) is 15.8. The van der Waals surface area contributed by atoms with Gasteiger partial charge in [-0.2, -0.15) is 0 Å². The van der Waals surface area contributed by atoms with E-state index < -0.39 is 0 Å². The highest BCUT2D eigenvalue weighted by Gasteiger charge is 2.09. The topological polar surface area (TPSA) is 52.5 Å². The molecule has 1 heterocycles. The first kappa shape index (κ1) is 19.7. The summed E-state index contributed by atoms with van der Waals surface area (Å²) in [4.78, 5) is 10.5. The molecule has 0 amide bonds. The number of aromatic nitrogens is 1. The molecule has 0 unspecified atom stereocenters. The Kier molecular flexibility index (Phi) is 7.86. The third-order valence-corrected chi connectivity index (χ3v) is 4.20. The Morgan fingerprint density at radius 1 is 1.15 bits per heavy atom. The number of pyridine rings is 1. The minimum Gasteiger partial charge on any atom is -0.370 e. The summed E-state index contributed by atoms with van der Waals surface area (Å²) in [5.41, 5.74) is 2.56. The van der Waals surface area contributed by atoms with E-state index in [0.29, 0.717) is 18.2 Å². The van der Waals surface area contributed by atoms with Crippen LogP contribution in [-0.4, -0.2) is 37.6 Å². The fourth-order valence-corrected chi connectivity index (χ4v) is 2.74. The van der Waals surface area contributed by atoms with Crippen LogP contribution >= 0.6 is 0 Å². The molecule has 0 saturated carbocycles. The fraction of sp³-hybridized carbons (Fsp3) is 0.400. The molecule has 0 aliphatic rings. The molecule has 0 radical (unpaired) electrons. The molecule has 2 rings (SSSR count). The maximum absolute atomic E-state index is 14.3. The van der Waals surface area contributed by atoms with E-state index in [4.69, 9.17) is 0 Å². The van der Waals surface area contributed by atoms with E-state index in [-0.39, 0.29) is 5.82 Å². The summed E-state index contributed by atoms with van der Waals surface area (Å²) in [7, 11) is 1.72. The van der Waals surface area contributed by atoms with Crippen LogP contribution in [0, 0.1) is 5.82 Å². The summed E-state index contributed by atoms with van der Waals surface area (Å²) >= 11 is 0. The lowest BCUT2D eigenvalue weighted by atomic mass is 10.2. The van der Waals surface area contributed by atoms with Crippen molar-refractivity contribution < 1.29 is 4.39 Å². The van der Waals surface area contributed by atoms with Gasteiger partial charge in [0.15, 0.2) is 5.96 Å². The monoisotopic (exact) mass is 357 g/mol. The highest BCUT2D eigenvalue weighted by molar-refractivity contribution is 5.79. The smallest absolute Gasteiger partial charge is 0.191 e. The Labute approximate surface area is 155 Å². The van der Waals surface area contributed by atoms with Gasteiger partial charge in [-0.05, 0) is 43.7 Å². The Morgan fingerprint density at radius 3 is 2.58 bits per heavy atom. The first-order chi connectivity index (χ1) is 12.7. The number of halogens is 1. The number of hydrogen-bond donors (Lipinski definition) is 2. The van der Waals surface area contributed by atoms with E-state index in [0.717, 1.165) is 37.3 Å².